The van der Waals surface area contributed by atoms with Crippen molar-refractivity contribution in [3.8, 4) is 0 Å². The van der Waals surface area contributed by atoms with Crippen molar-refractivity contribution < 1.29 is 9.47 Å². The third-order valence-electron chi connectivity index (χ3n) is 4.74. The maximum Gasteiger partial charge on any atom is 0.0561 e. The Balaban J connectivity index is 1.55. The van der Waals surface area contributed by atoms with Crippen LogP contribution in [0.2, 0.25) is 0 Å². The lowest BCUT2D eigenvalue weighted by Crippen LogP contribution is -2.36. The first-order valence-electron chi connectivity index (χ1n) is 7.74. The van der Waals surface area contributed by atoms with Gasteiger partial charge in [0.1, 0.15) is 0 Å². The minimum absolute atomic E-state index is 0.257. The van der Waals surface area contributed by atoms with Crippen LogP contribution in [0.3, 0.4) is 0 Å². The zero-order valence-electron chi connectivity index (χ0n) is 12.4. The van der Waals surface area contributed by atoms with E-state index in [9.17, 15) is 0 Å². The molecule has 2 atom stereocenters. The van der Waals surface area contributed by atoms with Gasteiger partial charge in [0.05, 0.1) is 19.8 Å². The molecule has 1 aromatic rings. The fraction of sp³-hybridized carbons (Fsp3) is 0.647. The Labute approximate surface area is 121 Å². The molecule has 0 aliphatic carbocycles. The molecule has 2 aliphatic heterocycles. The summed E-state index contributed by atoms with van der Waals surface area (Å²) < 4.78 is 11.4. The molecule has 3 rings (SSSR count). The molecule has 3 nitrogen and oxygen atoms in total. The van der Waals surface area contributed by atoms with Crippen molar-refractivity contribution in [2.45, 2.75) is 13.3 Å². The van der Waals surface area contributed by atoms with Gasteiger partial charge in [-0.2, -0.15) is 0 Å². The first kappa shape index (κ1) is 14.1. The molecule has 2 saturated heterocycles. The standard InChI is InChI=1S/C17H25NO2/c1-2-19-13-17-12-18(10-16(17)11-20-14-17)9-8-15-6-4-3-5-7-15/h3-7,16H,2,8-14H2,1H3/t16-,17-/m0/s1. The van der Waals surface area contributed by atoms with Gasteiger partial charge in [-0.3, -0.25) is 0 Å². The van der Waals surface area contributed by atoms with Crippen molar-refractivity contribution in [1.82, 2.24) is 4.90 Å². The zero-order chi connectivity index (χ0) is 13.8. The van der Waals surface area contributed by atoms with Crippen LogP contribution in [0.1, 0.15) is 12.5 Å². The highest BCUT2D eigenvalue weighted by atomic mass is 16.5. The van der Waals surface area contributed by atoms with Crippen LogP contribution in [0.25, 0.3) is 0 Å². The van der Waals surface area contributed by atoms with E-state index in [-0.39, 0.29) is 5.41 Å². The van der Waals surface area contributed by atoms with E-state index in [1.807, 2.05) is 0 Å². The van der Waals surface area contributed by atoms with E-state index in [0.717, 1.165) is 45.9 Å². The van der Waals surface area contributed by atoms with Crippen LogP contribution in [0, 0.1) is 11.3 Å². The quantitative estimate of drug-likeness (QED) is 0.794. The summed E-state index contributed by atoms with van der Waals surface area (Å²) in [6.07, 6.45) is 1.14. The number of hydrogen-bond donors (Lipinski definition) is 0. The SMILES string of the molecule is CCOC[C@@]12COC[C@@H]1CN(CCc1ccccc1)C2. The van der Waals surface area contributed by atoms with Gasteiger partial charge in [0.2, 0.25) is 0 Å². The Morgan fingerprint density at radius 2 is 2.20 bits per heavy atom. The molecule has 2 fully saturated rings. The lowest BCUT2D eigenvalue weighted by atomic mass is 9.82. The van der Waals surface area contributed by atoms with Crippen LogP contribution in [-0.4, -0.2) is 51.0 Å². The van der Waals surface area contributed by atoms with Gasteiger partial charge < -0.3 is 14.4 Å². The van der Waals surface area contributed by atoms with Crippen molar-refractivity contribution >= 4 is 0 Å². The molecule has 1 aromatic carbocycles. The molecule has 3 heteroatoms. The highest BCUT2D eigenvalue weighted by Crippen LogP contribution is 2.41. The molecule has 0 unspecified atom stereocenters. The third kappa shape index (κ3) is 2.90. The van der Waals surface area contributed by atoms with Crippen LogP contribution in [-0.2, 0) is 15.9 Å². The van der Waals surface area contributed by atoms with E-state index >= 15 is 0 Å². The van der Waals surface area contributed by atoms with Gasteiger partial charge in [0, 0.05) is 37.6 Å². The molecule has 0 amide bonds. The van der Waals surface area contributed by atoms with E-state index in [4.69, 9.17) is 9.47 Å². The van der Waals surface area contributed by atoms with Gasteiger partial charge in [0.15, 0.2) is 0 Å². The highest BCUT2D eigenvalue weighted by molar-refractivity contribution is 5.15. The van der Waals surface area contributed by atoms with Gasteiger partial charge in [-0.15, -0.1) is 0 Å². The van der Waals surface area contributed by atoms with Crippen molar-refractivity contribution in [3.63, 3.8) is 0 Å². The molecule has 2 heterocycles. The van der Waals surface area contributed by atoms with Crippen LogP contribution < -0.4 is 0 Å². The molecule has 2 aliphatic rings. The molecule has 0 radical (unpaired) electrons. The molecule has 0 saturated carbocycles. The third-order valence-corrected chi connectivity index (χ3v) is 4.74. The smallest absolute Gasteiger partial charge is 0.0561 e. The van der Waals surface area contributed by atoms with Crippen molar-refractivity contribution in [3.05, 3.63) is 35.9 Å². The van der Waals surface area contributed by atoms with Crippen molar-refractivity contribution in [1.29, 1.82) is 0 Å². The number of hydrogen-bond acceptors (Lipinski definition) is 3. The predicted octanol–water partition coefficient (Wildman–Crippen LogP) is 2.21. The summed E-state index contributed by atoms with van der Waals surface area (Å²) in [6, 6.07) is 10.8. The van der Waals surface area contributed by atoms with E-state index in [1.54, 1.807) is 0 Å². The van der Waals surface area contributed by atoms with E-state index in [2.05, 4.69) is 42.2 Å². The second-order valence-electron chi connectivity index (χ2n) is 6.18. The Kier molecular flexibility index (Phi) is 4.39. The Morgan fingerprint density at radius 3 is 3.00 bits per heavy atom. The van der Waals surface area contributed by atoms with E-state index < -0.39 is 0 Å². The molecular weight excluding hydrogens is 250 g/mol. The Morgan fingerprint density at radius 1 is 1.35 bits per heavy atom. The Bertz CT molecular complexity index is 422. The molecule has 0 aromatic heterocycles. The highest BCUT2D eigenvalue weighted by Gasteiger charge is 2.50. The van der Waals surface area contributed by atoms with Gasteiger partial charge >= 0.3 is 0 Å². The molecule has 20 heavy (non-hydrogen) atoms. The largest absolute Gasteiger partial charge is 0.381 e. The van der Waals surface area contributed by atoms with Crippen LogP contribution in [0.5, 0.6) is 0 Å². The molecular formula is C17H25NO2. The number of fused-ring (bicyclic) bond motifs is 1. The van der Waals surface area contributed by atoms with Crippen molar-refractivity contribution in [2.24, 2.45) is 11.3 Å². The maximum absolute atomic E-state index is 5.73. The second-order valence-corrected chi connectivity index (χ2v) is 6.18. The second kappa shape index (κ2) is 6.25. The number of nitrogens with zero attached hydrogens (tertiary/aromatic N) is 1. The lowest BCUT2D eigenvalue weighted by molar-refractivity contribution is 0.0329. The molecule has 0 N–H and O–H groups in total. The minimum atomic E-state index is 0.257. The summed E-state index contributed by atoms with van der Waals surface area (Å²) in [5, 5.41) is 0. The summed E-state index contributed by atoms with van der Waals surface area (Å²) >= 11 is 0. The van der Waals surface area contributed by atoms with Gasteiger partial charge in [-0.1, -0.05) is 30.3 Å². The summed E-state index contributed by atoms with van der Waals surface area (Å²) in [5.74, 6) is 0.657. The topological polar surface area (TPSA) is 21.7 Å². The molecule has 0 bridgehead atoms. The normalized spacial score (nSPS) is 29.8. The van der Waals surface area contributed by atoms with Crippen LogP contribution in [0.4, 0.5) is 0 Å². The number of rotatable bonds is 6. The number of likely N-dealkylation sites (tertiary alicyclic amines) is 1. The maximum atomic E-state index is 5.73. The number of ether oxygens (including phenoxy) is 2. The molecule has 0 spiro atoms. The fourth-order valence-electron chi connectivity index (χ4n) is 3.55. The van der Waals surface area contributed by atoms with E-state index in [0.29, 0.717) is 5.92 Å². The average Bonchev–Trinajstić information content (AvgIpc) is 3.01. The first-order chi connectivity index (χ1) is 9.82. The summed E-state index contributed by atoms with van der Waals surface area (Å²) in [6.45, 7) is 8.96. The minimum Gasteiger partial charge on any atom is -0.381 e. The van der Waals surface area contributed by atoms with Crippen LogP contribution >= 0.6 is 0 Å². The average molecular weight is 275 g/mol. The van der Waals surface area contributed by atoms with Gasteiger partial charge in [-0.05, 0) is 18.9 Å². The number of benzene rings is 1. The summed E-state index contributed by atoms with van der Waals surface area (Å²) in [7, 11) is 0. The van der Waals surface area contributed by atoms with Crippen molar-refractivity contribution in [2.75, 3.05) is 46.1 Å². The monoisotopic (exact) mass is 275 g/mol. The fourth-order valence-corrected chi connectivity index (χ4v) is 3.55. The predicted molar refractivity (Wildman–Crippen MR) is 79.8 cm³/mol. The first-order valence-corrected chi connectivity index (χ1v) is 7.74. The van der Waals surface area contributed by atoms with Gasteiger partial charge in [-0.25, -0.2) is 0 Å². The van der Waals surface area contributed by atoms with Gasteiger partial charge in [0.25, 0.3) is 0 Å². The van der Waals surface area contributed by atoms with Crippen LogP contribution in [0.15, 0.2) is 30.3 Å². The van der Waals surface area contributed by atoms with E-state index in [1.165, 1.54) is 12.1 Å². The zero-order valence-corrected chi connectivity index (χ0v) is 12.4. The summed E-state index contributed by atoms with van der Waals surface area (Å²) in [5.41, 5.74) is 1.69. The lowest BCUT2D eigenvalue weighted by Gasteiger charge is -2.26. The Hall–Kier alpha value is -0.900. The molecule has 110 valence electrons. The summed E-state index contributed by atoms with van der Waals surface area (Å²) in [4.78, 5) is 2.60.